The Morgan fingerprint density at radius 2 is 2.13 bits per heavy atom. The van der Waals surface area contributed by atoms with Crippen LogP contribution in [0.4, 0.5) is 5.69 Å². The Labute approximate surface area is 97.9 Å². The second-order valence-electron chi connectivity index (χ2n) is 3.00. The van der Waals surface area contributed by atoms with Gasteiger partial charge in [-0.25, -0.2) is 0 Å². The van der Waals surface area contributed by atoms with Crippen LogP contribution in [0.3, 0.4) is 0 Å². The van der Waals surface area contributed by atoms with Crippen LogP contribution in [0.5, 0.6) is 5.75 Å². The highest BCUT2D eigenvalue weighted by molar-refractivity contribution is 9.10. The summed E-state index contributed by atoms with van der Waals surface area (Å²) >= 11 is 3.32. The van der Waals surface area contributed by atoms with Crippen molar-refractivity contribution in [1.29, 1.82) is 0 Å². The van der Waals surface area contributed by atoms with Crippen LogP contribution >= 0.6 is 15.9 Å². The van der Waals surface area contributed by atoms with Crippen molar-refractivity contribution in [3.63, 3.8) is 0 Å². The summed E-state index contributed by atoms with van der Waals surface area (Å²) in [5.74, 6) is 0.630. The van der Waals surface area contributed by atoms with Gasteiger partial charge in [-0.3, -0.25) is 4.98 Å². The summed E-state index contributed by atoms with van der Waals surface area (Å²) in [7, 11) is 0. The lowest BCUT2D eigenvalue weighted by atomic mass is 10.4. The highest BCUT2D eigenvalue weighted by Crippen LogP contribution is 2.29. The molecule has 4 nitrogen and oxygen atoms in total. The second kappa shape index (κ2) is 6.63. The summed E-state index contributed by atoms with van der Waals surface area (Å²) in [6.07, 6.45) is 4.23. The van der Waals surface area contributed by atoms with Gasteiger partial charge in [0.05, 0.1) is 23.0 Å². The average Bonchev–Trinajstić information content (AvgIpc) is 2.21. The van der Waals surface area contributed by atoms with Crippen molar-refractivity contribution in [3.8, 4) is 5.75 Å². The largest absolute Gasteiger partial charge is 0.488 e. The highest BCUT2D eigenvalue weighted by Gasteiger charge is 2.05. The predicted octanol–water partition coefficient (Wildman–Crippen LogP) is 2.23. The number of nitrogens with two attached hydrogens (primary N) is 1. The van der Waals surface area contributed by atoms with Crippen LogP contribution in [0, 0.1) is 0 Å². The third kappa shape index (κ3) is 4.05. The fourth-order valence-electron chi connectivity index (χ4n) is 1.04. The molecule has 0 spiro atoms. The number of aromatic nitrogens is 1. The first-order valence-corrected chi connectivity index (χ1v) is 5.64. The van der Waals surface area contributed by atoms with Crippen molar-refractivity contribution in [2.24, 2.45) is 0 Å². The molecule has 0 aliphatic carbocycles. The number of hydrogen-bond donors (Lipinski definition) is 1. The van der Waals surface area contributed by atoms with Gasteiger partial charge in [0.15, 0.2) is 5.75 Å². The van der Waals surface area contributed by atoms with E-state index in [1.807, 2.05) is 0 Å². The lowest BCUT2D eigenvalue weighted by Crippen LogP contribution is -2.08. The Kier molecular flexibility index (Phi) is 5.42. The van der Waals surface area contributed by atoms with Gasteiger partial charge in [-0.2, -0.15) is 0 Å². The first-order valence-electron chi connectivity index (χ1n) is 4.85. The summed E-state index contributed by atoms with van der Waals surface area (Å²) in [4.78, 5) is 3.92. The van der Waals surface area contributed by atoms with E-state index in [0.29, 0.717) is 24.7 Å². The minimum absolute atomic E-state index is 0.493. The Morgan fingerprint density at radius 1 is 1.33 bits per heavy atom. The number of hydrogen-bond acceptors (Lipinski definition) is 4. The summed E-state index contributed by atoms with van der Waals surface area (Å²) < 4.78 is 11.5. The maximum Gasteiger partial charge on any atom is 0.159 e. The number of rotatable bonds is 6. The van der Waals surface area contributed by atoms with Crippen molar-refractivity contribution in [2.45, 2.75) is 13.3 Å². The van der Waals surface area contributed by atoms with E-state index in [4.69, 9.17) is 15.2 Å². The van der Waals surface area contributed by atoms with Gasteiger partial charge in [-0.15, -0.1) is 0 Å². The van der Waals surface area contributed by atoms with Crippen LogP contribution in [0.2, 0.25) is 0 Å². The van der Waals surface area contributed by atoms with Gasteiger partial charge in [0.25, 0.3) is 0 Å². The van der Waals surface area contributed by atoms with Crippen LogP contribution in [-0.4, -0.2) is 24.8 Å². The molecule has 0 saturated carbocycles. The van der Waals surface area contributed by atoms with Crippen molar-refractivity contribution < 1.29 is 9.47 Å². The van der Waals surface area contributed by atoms with E-state index in [1.54, 1.807) is 12.4 Å². The van der Waals surface area contributed by atoms with Gasteiger partial charge in [0.1, 0.15) is 6.61 Å². The fourth-order valence-corrected chi connectivity index (χ4v) is 1.50. The van der Waals surface area contributed by atoms with E-state index in [-0.39, 0.29) is 0 Å². The molecule has 2 N–H and O–H groups in total. The smallest absolute Gasteiger partial charge is 0.159 e. The zero-order valence-corrected chi connectivity index (χ0v) is 10.3. The number of halogens is 1. The lowest BCUT2D eigenvalue weighted by molar-refractivity contribution is 0.101. The SMILES string of the molecule is CCCOCCOc1c(N)cncc1Br. The van der Waals surface area contributed by atoms with E-state index < -0.39 is 0 Å². The molecular weight excluding hydrogens is 260 g/mol. The molecule has 0 radical (unpaired) electrons. The molecule has 0 unspecified atom stereocenters. The molecule has 1 aromatic rings. The van der Waals surface area contributed by atoms with Crippen LogP contribution < -0.4 is 10.5 Å². The summed E-state index contributed by atoms with van der Waals surface area (Å²) in [5, 5.41) is 0. The molecule has 1 aromatic heterocycles. The van der Waals surface area contributed by atoms with Crippen molar-refractivity contribution >= 4 is 21.6 Å². The zero-order chi connectivity index (χ0) is 11.1. The van der Waals surface area contributed by atoms with Crippen molar-refractivity contribution in [2.75, 3.05) is 25.6 Å². The molecule has 0 atom stereocenters. The molecule has 0 saturated heterocycles. The topological polar surface area (TPSA) is 57.4 Å². The molecule has 1 rings (SSSR count). The minimum atomic E-state index is 0.493. The van der Waals surface area contributed by atoms with Gasteiger partial charge >= 0.3 is 0 Å². The molecule has 0 amide bonds. The molecule has 15 heavy (non-hydrogen) atoms. The minimum Gasteiger partial charge on any atom is -0.488 e. The summed E-state index contributed by atoms with van der Waals surface area (Å²) in [6, 6.07) is 0. The van der Waals surface area contributed by atoms with E-state index in [2.05, 4.69) is 27.8 Å². The Morgan fingerprint density at radius 3 is 2.80 bits per heavy atom. The van der Waals surface area contributed by atoms with Crippen molar-refractivity contribution in [1.82, 2.24) is 4.98 Å². The number of pyridine rings is 1. The lowest BCUT2D eigenvalue weighted by Gasteiger charge is -2.10. The molecular formula is C10H15BrN2O2. The average molecular weight is 275 g/mol. The molecule has 5 heteroatoms. The second-order valence-corrected chi connectivity index (χ2v) is 3.85. The van der Waals surface area contributed by atoms with Crippen LogP contribution in [0.1, 0.15) is 13.3 Å². The number of anilines is 1. The maximum atomic E-state index is 5.70. The standard InChI is InChI=1S/C10H15BrN2O2/c1-2-3-14-4-5-15-10-8(11)6-13-7-9(10)12/h6-7H,2-5,12H2,1H3. The van der Waals surface area contributed by atoms with E-state index >= 15 is 0 Å². The Balaban J connectivity index is 2.37. The van der Waals surface area contributed by atoms with Gasteiger partial charge in [-0.1, -0.05) is 6.92 Å². The highest BCUT2D eigenvalue weighted by atomic mass is 79.9. The number of ether oxygens (including phenoxy) is 2. The molecule has 0 aromatic carbocycles. The molecule has 0 aliphatic heterocycles. The number of nitrogen functional groups attached to an aromatic ring is 1. The maximum absolute atomic E-state index is 5.70. The predicted molar refractivity (Wildman–Crippen MR) is 63.0 cm³/mol. The molecule has 84 valence electrons. The van der Waals surface area contributed by atoms with Gasteiger partial charge in [-0.05, 0) is 22.4 Å². The Hall–Kier alpha value is -0.810. The summed E-state index contributed by atoms with van der Waals surface area (Å²) in [5.41, 5.74) is 6.23. The molecule has 0 fully saturated rings. The monoisotopic (exact) mass is 274 g/mol. The molecule has 0 aliphatic rings. The first-order chi connectivity index (χ1) is 7.25. The number of nitrogens with zero attached hydrogens (tertiary/aromatic N) is 1. The molecule has 0 bridgehead atoms. The van der Waals surface area contributed by atoms with Gasteiger partial charge < -0.3 is 15.2 Å². The van der Waals surface area contributed by atoms with Gasteiger partial charge in [0.2, 0.25) is 0 Å². The van der Waals surface area contributed by atoms with Crippen LogP contribution in [0.25, 0.3) is 0 Å². The quantitative estimate of drug-likeness (QED) is 0.809. The van der Waals surface area contributed by atoms with E-state index in [9.17, 15) is 0 Å². The van der Waals surface area contributed by atoms with Gasteiger partial charge in [0, 0.05) is 12.8 Å². The summed E-state index contributed by atoms with van der Waals surface area (Å²) in [6.45, 7) is 3.89. The van der Waals surface area contributed by atoms with E-state index in [0.717, 1.165) is 17.5 Å². The zero-order valence-electron chi connectivity index (χ0n) is 8.70. The Bertz CT molecular complexity index is 287. The normalized spacial score (nSPS) is 10.3. The third-order valence-electron chi connectivity index (χ3n) is 1.70. The first kappa shape index (κ1) is 12.3. The van der Waals surface area contributed by atoms with E-state index in [1.165, 1.54) is 0 Å². The van der Waals surface area contributed by atoms with Crippen LogP contribution in [0.15, 0.2) is 16.9 Å². The van der Waals surface area contributed by atoms with Crippen molar-refractivity contribution in [3.05, 3.63) is 16.9 Å². The molecule has 1 heterocycles. The third-order valence-corrected chi connectivity index (χ3v) is 2.27. The van der Waals surface area contributed by atoms with Crippen LogP contribution in [-0.2, 0) is 4.74 Å². The fraction of sp³-hybridized carbons (Fsp3) is 0.500.